The molecule has 0 fully saturated rings. The summed E-state index contributed by atoms with van der Waals surface area (Å²) < 4.78 is 0. The third-order valence-electron chi connectivity index (χ3n) is 5.82. The van der Waals surface area contributed by atoms with Crippen LogP contribution in [-0.2, 0) is 22.6 Å². The van der Waals surface area contributed by atoms with Crippen molar-refractivity contribution in [1.82, 2.24) is 10.2 Å². The SMILES string of the molecule is CCCCNC(=O)[C@@H](C)N(Cc1ccc(Cl)c(Cl)c1)C(=O)CCc1cccc2ccccc12. The first-order chi connectivity index (χ1) is 15.9. The minimum Gasteiger partial charge on any atom is -0.354 e. The quantitative estimate of drug-likeness (QED) is 0.337. The standard InChI is InChI=1S/C27H30Cl2N2O2/c1-3-4-16-30-27(33)19(2)31(18-20-12-14-24(28)25(29)17-20)26(32)15-13-22-10-7-9-21-8-5-6-11-23(21)22/h5-12,14,17,19H,3-4,13,15-16,18H2,1-2H3,(H,30,33)/t19-/m1/s1. The Hall–Kier alpha value is -2.56. The summed E-state index contributed by atoms with van der Waals surface area (Å²) in [4.78, 5) is 27.8. The zero-order valence-electron chi connectivity index (χ0n) is 19.1. The van der Waals surface area contributed by atoms with E-state index in [4.69, 9.17) is 23.2 Å². The van der Waals surface area contributed by atoms with Crippen molar-refractivity contribution >= 4 is 45.8 Å². The van der Waals surface area contributed by atoms with Gasteiger partial charge in [-0.1, -0.05) is 85.1 Å². The number of halogens is 2. The Morgan fingerprint density at radius 2 is 1.76 bits per heavy atom. The van der Waals surface area contributed by atoms with Gasteiger partial charge in [0, 0.05) is 19.5 Å². The number of hydrogen-bond acceptors (Lipinski definition) is 2. The Morgan fingerprint density at radius 1 is 1.00 bits per heavy atom. The van der Waals surface area contributed by atoms with E-state index in [9.17, 15) is 9.59 Å². The maximum absolute atomic E-state index is 13.4. The molecule has 0 saturated carbocycles. The molecule has 174 valence electrons. The molecule has 0 bridgehead atoms. The molecule has 0 spiro atoms. The first-order valence-corrected chi connectivity index (χ1v) is 12.1. The summed E-state index contributed by atoms with van der Waals surface area (Å²) in [5, 5.41) is 6.13. The number of carbonyl (C=O) groups excluding carboxylic acids is 2. The molecule has 3 aromatic carbocycles. The highest BCUT2D eigenvalue weighted by Gasteiger charge is 2.26. The molecule has 0 aliphatic rings. The van der Waals surface area contributed by atoms with Gasteiger partial charge in [0.05, 0.1) is 10.0 Å². The minimum atomic E-state index is -0.601. The molecule has 1 N–H and O–H groups in total. The van der Waals surface area contributed by atoms with Crippen molar-refractivity contribution in [2.45, 2.75) is 52.1 Å². The Labute approximate surface area is 205 Å². The van der Waals surface area contributed by atoms with Crippen molar-refractivity contribution in [2.24, 2.45) is 0 Å². The van der Waals surface area contributed by atoms with Gasteiger partial charge in [0.2, 0.25) is 11.8 Å². The highest BCUT2D eigenvalue weighted by atomic mass is 35.5. The van der Waals surface area contributed by atoms with Crippen LogP contribution in [0.15, 0.2) is 60.7 Å². The smallest absolute Gasteiger partial charge is 0.242 e. The lowest BCUT2D eigenvalue weighted by Crippen LogP contribution is -2.47. The summed E-state index contributed by atoms with van der Waals surface area (Å²) in [6, 6.07) is 19.0. The van der Waals surface area contributed by atoms with Gasteiger partial charge in [-0.25, -0.2) is 0 Å². The van der Waals surface area contributed by atoms with Crippen molar-refractivity contribution < 1.29 is 9.59 Å². The van der Waals surface area contributed by atoms with Crippen molar-refractivity contribution in [3.63, 3.8) is 0 Å². The second kappa shape index (κ2) is 12.1. The molecule has 0 aliphatic carbocycles. The van der Waals surface area contributed by atoms with Gasteiger partial charge in [0.1, 0.15) is 6.04 Å². The second-order valence-corrected chi connectivity index (χ2v) is 9.04. The van der Waals surface area contributed by atoms with Crippen LogP contribution in [0, 0.1) is 0 Å². The molecule has 3 rings (SSSR count). The highest BCUT2D eigenvalue weighted by molar-refractivity contribution is 6.42. The summed E-state index contributed by atoms with van der Waals surface area (Å²) >= 11 is 12.2. The van der Waals surface area contributed by atoms with Gasteiger partial charge in [0.25, 0.3) is 0 Å². The van der Waals surface area contributed by atoms with E-state index in [1.807, 2.05) is 24.3 Å². The van der Waals surface area contributed by atoms with Gasteiger partial charge in [-0.2, -0.15) is 0 Å². The number of amides is 2. The number of rotatable bonds is 10. The molecule has 0 saturated heterocycles. The number of fused-ring (bicyclic) bond motifs is 1. The van der Waals surface area contributed by atoms with E-state index in [0.717, 1.165) is 34.7 Å². The minimum absolute atomic E-state index is 0.0767. The third kappa shape index (κ3) is 6.72. The number of aryl methyl sites for hydroxylation is 1. The van der Waals surface area contributed by atoms with Crippen LogP contribution in [0.5, 0.6) is 0 Å². The first kappa shape index (κ1) is 25.1. The fourth-order valence-electron chi connectivity index (χ4n) is 3.85. The molecule has 2 amide bonds. The third-order valence-corrected chi connectivity index (χ3v) is 6.56. The van der Waals surface area contributed by atoms with Gasteiger partial charge < -0.3 is 10.2 Å². The lowest BCUT2D eigenvalue weighted by atomic mass is 10.0. The van der Waals surface area contributed by atoms with Crippen molar-refractivity contribution in [3.8, 4) is 0 Å². The Bertz CT molecular complexity index is 1110. The lowest BCUT2D eigenvalue weighted by Gasteiger charge is -2.29. The van der Waals surface area contributed by atoms with E-state index in [-0.39, 0.29) is 18.4 Å². The molecule has 0 radical (unpaired) electrons. The van der Waals surface area contributed by atoms with Gasteiger partial charge >= 0.3 is 0 Å². The average molecular weight is 485 g/mol. The van der Waals surface area contributed by atoms with Crippen LogP contribution in [0.2, 0.25) is 10.0 Å². The first-order valence-electron chi connectivity index (χ1n) is 11.4. The zero-order valence-corrected chi connectivity index (χ0v) is 20.6. The maximum Gasteiger partial charge on any atom is 0.242 e. The summed E-state index contributed by atoms with van der Waals surface area (Å²) in [7, 11) is 0. The number of hydrogen-bond donors (Lipinski definition) is 1. The molecule has 0 heterocycles. The topological polar surface area (TPSA) is 49.4 Å². The van der Waals surface area contributed by atoms with Crippen molar-refractivity contribution in [3.05, 3.63) is 81.8 Å². The normalized spacial score (nSPS) is 11.9. The van der Waals surface area contributed by atoms with E-state index >= 15 is 0 Å². The van der Waals surface area contributed by atoms with Gasteiger partial charge in [0.15, 0.2) is 0 Å². The Balaban J connectivity index is 1.78. The van der Waals surface area contributed by atoms with Crippen molar-refractivity contribution in [1.29, 1.82) is 0 Å². The van der Waals surface area contributed by atoms with Crippen LogP contribution in [0.25, 0.3) is 10.8 Å². The predicted molar refractivity (Wildman–Crippen MR) is 137 cm³/mol. The van der Waals surface area contributed by atoms with Crippen LogP contribution in [-0.4, -0.2) is 29.3 Å². The van der Waals surface area contributed by atoms with Crippen LogP contribution < -0.4 is 5.32 Å². The molecular weight excluding hydrogens is 455 g/mol. The number of nitrogens with one attached hydrogen (secondary N) is 1. The average Bonchev–Trinajstić information content (AvgIpc) is 2.82. The molecular formula is C27H30Cl2N2O2. The van der Waals surface area contributed by atoms with Crippen LogP contribution in [0.1, 0.15) is 44.2 Å². The monoisotopic (exact) mass is 484 g/mol. The lowest BCUT2D eigenvalue weighted by molar-refractivity contribution is -0.140. The summed E-state index contributed by atoms with van der Waals surface area (Å²) in [5.41, 5.74) is 1.95. The Kier molecular flexibility index (Phi) is 9.16. The number of benzene rings is 3. The molecule has 0 unspecified atom stereocenters. The van der Waals surface area contributed by atoms with Gasteiger partial charge in [-0.15, -0.1) is 0 Å². The number of carbonyl (C=O) groups is 2. The largest absolute Gasteiger partial charge is 0.354 e. The van der Waals surface area contributed by atoms with E-state index in [0.29, 0.717) is 29.4 Å². The summed E-state index contributed by atoms with van der Waals surface area (Å²) in [6.07, 6.45) is 2.80. The molecule has 0 aromatic heterocycles. The highest BCUT2D eigenvalue weighted by Crippen LogP contribution is 2.25. The van der Waals surface area contributed by atoms with E-state index in [2.05, 4.69) is 36.5 Å². The van der Waals surface area contributed by atoms with Crippen LogP contribution >= 0.6 is 23.2 Å². The molecule has 33 heavy (non-hydrogen) atoms. The molecule has 0 aliphatic heterocycles. The molecule has 3 aromatic rings. The fraction of sp³-hybridized carbons (Fsp3) is 0.333. The Morgan fingerprint density at radius 3 is 2.52 bits per heavy atom. The maximum atomic E-state index is 13.4. The van der Waals surface area contributed by atoms with Crippen LogP contribution in [0.4, 0.5) is 0 Å². The van der Waals surface area contributed by atoms with E-state index < -0.39 is 6.04 Å². The zero-order chi connectivity index (χ0) is 23.8. The molecule has 6 heteroatoms. The van der Waals surface area contributed by atoms with Gasteiger partial charge in [-0.05, 0) is 53.8 Å². The van der Waals surface area contributed by atoms with Crippen molar-refractivity contribution in [2.75, 3.05) is 6.54 Å². The van der Waals surface area contributed by atoms with E-state index in [1.165, 1.54) is 0 Å². The second-order valence-electron chi connectivity index (χ2n) is 8.23. The molecule has 4 nitrogen and oxygen atoms in total. The number of unbranched alkanes of at least 4 members (excludes halogenated alkanes) is 1. The number of nitrogens with zero attached hydrogens (tertiary/aromatic N) is 1. The summed E-state index contributed by atoms with van der Waals surface area (Å²) in [5.74, 6) is -0.228. The van der Waals surface area contributed by atoms with E-state index in [1.54, 1.807) is 24.0 Å². The van der Waals surface area contributed by atoms with Gasteiger partial charge in [-0.3, -0.25) is 9.59 Å². The fourth-order valence-corrected chi connectivity index (χ4v) is 4.17. The predicted octanol–water partition coefficient (Wildman–Crippen LogP) is 6.41. The van der Waals surface area contributed by atoms with Crippen LogP contribution in [0.3, 0.4) is 0 Å². The summed E-state index contributed by atoms with van der Waals surface area (Å²) in [6.45, 7) is 4.73. The molecule has 1 atom stereocenters.